The van der Waals surface area contributed by atoms with Crippen LogP contribution in [0.1, 0.15) is 30.2 Å². The van der Waals surface area contributed by atoms with Gasteiger partial charge in [0, 0.05) is 12.5 Å². The molecule has 0 radical (unpaired) electrons. The van der Waals surface area contributed by atoms with Gasteiger partial charge in [0.1, 0.15) is 0 Å². The standard InChI is InChI=1S/C15H19N3O2/c1-2-11-3-5-12(6-4-11)7-8-14(19)16-10-13-9-15(20)18-17-13/h3-6,9H,2,7-8,10H2,1H3,(H,16,19)(H2,17,18,20). The number of nitrogens with one attached hydrogen (secondary N) is 3. The van der Waals surface area contributed by atoms with E-state index >= 15 is 0 Å². The van der Waals surface area contributed by atoms with E-state index in [1.807, 2.05) is 0 Å². The molecule has 1 aromatic carbocycles. The average molecular weight is 273 g/mol. The molecule has 0 spiro atoms. The third-order valence-electron chi connectivity index (χ3n) is 3.20. The Morgan fingerprint density at radius 2 is 1.85 bits per heavy atom. The van der Waals surface area contributed by atoms with Gasteiger partial charge in [0.05, 0.1) is 12.2 Å². The third kappa shape index (κ3) is 4.12. The molecule has 3 N–H and O–H groups in total. The van der Waals surface area contributed by atoms with E-state index in [2.05, 4.69) is 46.7 Å². The molecule has 1 aromatic heterocycles. The normalized spacial score (nSPS) is 10.4. The minimum Gasteiger partial charge on any atom is -0.350 e. The summed E-state index contributed by atoms with van der Waals surface area (Å²) in [6, 6.07) is 9.75. The van der Waals surface area contributed by atoms with Gasteiger partial charge in [-0.2, -0.15) is 0 Å². The fraction of sp³-hybridized carbons (Fsp3) is 0.333. The van der Waals surface area contributed by atoms with E-state index in [-0.39, 0.29) is 11.5 Å². The van der Waals surface area contributed by atoms with Crippen LogP contribution in [0.25, 0.3) is 0 Å². The molecule has 0 bridgehead atoms. The van der Waals surface area contributed by atoms with Crippen LogP contribution in [0.15, 0.2) is 35.1 Å². The first-order valence-electron chi connectivity index (χ1n) is 6.78. The molecular formula is C15H19N3O2. The number of aromatic amines is 2. The Kier molecular flexibility index (Phi) is 4.76. The van der Waals surface area contributed by atoms with Gasteiger partial charge in [-0.15, -0.1) is 0 Å². The molecule has 0 saturated carbocycles. The number of hydrogen-bond acceptors (Lipinski definition) is 2. The zero-order valence-corrected chi connectivity index (χ0v) is 11.5. The summed E-state index contributed by atoms with van der Waals surface area (Å²) in [6.45, 7) is 2.46. The number of aromatic nitrogens is 2. The van der Waals surface area contributed by atoms with Crippen LogP contribution in [-0.4, -0.2) is 16.1 Å². The first-order chi connectivity index (χ1) is 9.67. The van der Waals surface area contributed by atoms with Crippen molar-refractivity contribution in [3.8, 4) is 0 Å². The third-order valence-corrected chi connectivity index (χ3v) is 3.20. The monoisotopic (exact) mass is 273 g/mol. The lowest BCUT2D eigenvalue weighted by Crippen LogP contribution is -2.23. The topological polar surface area (TPSA) is 77.8 Å². The molecule has 0 aliphatic rings. The van der Waals surface area contributed by atoms with E-state index in [1.54, 1.807) is 0 Å². The number of rotatable bonds is 6. The van der Waals surface area contributed by atoms with Crippen molar-refractivity contribution in [3.05, 3.63) is 57.5 Å². The fourth-order valence-corrected chi connectivity index (χ4v) is 1.95. The maximum atomic E-state index is 11.7. The highest BCUT2D eigenvalue weighted by Gasteiger charge is 2.03. The van der Waals surface area contributed by atoms with Crippen LogP contribution in [0, 0.1) is 0 Å². The van der Waals surface area contributed by atoms with Gasteiger partial charge in [-0.1, -0.05) is 31.2 Å². The predicted molar refractivity (Wildman–Crippen MR) is 77.4 cm³/mol. The van der Waals surface area contributed by atoms with Crippen LogP contribution in [0.5, 0.6) is 0 Å². The Labute approximate surface area is 117 Å². The first-order valence-corrected chi connectivity index (χ1v) is 6.78. The maximum Gasteiger partial charge on any atom is 0.264 e. The van der Waals surface area contributed by atoms with Crippen molar-refractivity contribution in [3.63, 3.8) is 0 Å². The summed E-state index contributed by atoms with van der Waals surface area (Å²) in [6.07, 6.45) is 2.19. The second-order valence-electron chi connectivity index (χ2n) is 4.73. The summed E-state index contributed by atoms with van der Waals surface area (Å²) >= 11 is 0. The Morgan fingerprint density at radius 1 is 1.15 bits per heavy atom. The largest absolute Gasteiger partial charge is 0.350 e. The summed E-state index contributed by atoms with van der Waals surface area (Å²) in [5.41, 5.74) is 2.95. The molecule has 1 amide bonds. The van der Waals surface area contributed by atoms with Crippen molar-refractivity contribution in [2.24, 2.45) is 0 Å². The van der Waals surface area contributed by atoms with Crippen molar-refractivity contribution >= 4 is 5.91 Å². The van der Waals surface area contributed by atoms with Crippen molar-refractivity contribution in [2.45, 2.75) is 32.7 Å². The van der Waals surface area contributed by atoms with Crippen LogP contribution < -0.4 is 10.9 Å². The number of H-pyrrole nitrogens is 2. The number of carbonyl (C=O) groups is 1. The van der Waals surface area contributed by atoms with Crippen molar-refractivity contribution < 1.29 is 4.79 Å². The average Bonchev–Trinajstić information content (AvgIpc) is 2.89. The van der Waals surface area contributed by atoms with Crippen LogP contribution in [0.3, 0.4) is 0 Å². The lowest BCUT2D eigenvalue weighted by atomic mass is 10.1. The molecule has 2 aromatic rings. The SMILES string of the molecule is CCc1ccc(CCC(=O)NCc2cc(=O)[nH][nH]2)cc1. The van der Waals surface area contributed by atoms with E-state index in [1.165, 1.54) is 11.6 Å². The molecule has 0 atom stereocenters. The smallest absolute Gasteiger partial charge is 0.264 e. The van der Waals surface area contributed by atoms with Crippen molar-refractivity contribution in [1.29, 1.82) is 0 Å². The number of aryl methyl sites for hydroxylation is 2. The zero-order valence-electron chi connectivity index (χ0n) is 11.5. The summed E-state index contributed by atoms with van der Waals surface area (Å²) < 4.78 is 0. The van der Waals surface area contributed by atoms with Gasteiger partial charge in [0.25, 0.3) is 5.56 Å². The van der Waals surface area contributed by atoms with Crippen molar-refractivity contribution in [1.82, 2.24) is 15.5 Å². The Balaban J connectivity index is 1.75. The quantitative estimate of drug-likeness (QED) is 0.746. The summed E-state index contributed by atoms with van der Waals surface area (Å²) in [5, 5.41) is 7.90. The summed E-state index contributed by atoms with van der Waals surface area (Å²) in [4.78, 5) is 22.6. The number of amides is 1. The Morgan fingerprint density at radius 3 is 2.45 bits per heavy atom. The van der Waals surface area contributed by atoms with E-state index < -0.39 is 0 Å². The summed E-state index contributed by atoms with van der Waals surface area (Å²) in [7, 11) is 0. The van der Waals surface area contributed by atoms with E-state index in [9.17, 15) is 9.59 Å². The second kappa shape index (κ2) is 6.75. The van der Waals surface area contributed by atoms with E-state index in [0.717, 1.165) is 18.4 Å². The van der Waals surface area contributed by atoms with Gasteiger partial charge in [-0.3, -0.25) is 14.7 Å². The molecule has 5 heteroatoms. The highest BCUT2D eigenvalue weighted by atomic mass is 16.1. The van der Waals surface area contributed by atoms with Gasteiger partial charge >= 0.3 is 0 Å². The van der Waals surface area contributed by atoms with Gasteiger partial charge in [-0.05, 0) is 24.0 Å². The van der Waals surface area contributed by atoms with Crippen LogP contribution >= 0.6 is 0 Å². The molecule has 1 heterocycles. The predicted octanol–water partition coefficient (Wildman–Crippen LogP) is 1.51. The second-order valence-corrected chi connectivity index (χ2v) is 4.73. The molecular weight excluding hydrogens is 254 g/mol. The van der Waals surface area contributed by atoms with Gasteiger partial charge in [-0.25, -0.2) is 0 Å². The van der Waals surface area contributed by atoms with E-state index in [0.29, 0.717) is 18.7 Å². The van der Waals surface area contributed by atoms with Gasteiger partial charge < -0.3 is 10.4 Å². The minimum absolute atomic E-state index is 0.0217. The molecule has 0 aliphatic heterocycles. The highest BCUT2D eigenvalue weighted by Crippen LogP contribution is 2.07. The fourth-order valence-electron chi connectivity index (χ4n) is 1.95. The number of hydrogen-bond donors (Lipinski definition) is 3. The van der Waals surface area contributed by atoms with Crippen LogP contribution in [-0.2, 0) is 24.2 Å². The minimum atomic E-state index is -0.190. The lowest BCUT2D eigenvalue weighted by Gasteiger charge is -2.04. The zero-order chi connectivity index (χ0) is 14.4. The van der Waals surface area contributed by atoms with E-state index in [4.69, 9.17) is 0 Å². The molecule has 106 valence electrons. The Hall–Kier alpha value is -2.30. The molecule has 0 saturated heterocycles. The van der Waals surface area contributed by atoms with Crippen LogP contribution in [0.4, 0.5) is 0 Å². The molecule has 2 rings (SSSR count). The maximum absolute atomic E-state index is 11.7. The summed E-state index contributed by atoms with van der Waals surface area (Å²) in [5.74, 6) is -0.0217. The molecule has 0 unspecified atom stereocenters. The highest BCUT2D eigenvalue weighted by molar-refractivity contribution is 5.76. The molecule has 0 aliphatic carbocycles. The van der Waals surface area contributed by atoms with Gasteiger partial charge in [0.2, 0.25) is 5.91 Å². The number of carbonyl (C=O) groups excluding carboxylic acids is 1. The molecule has 5 nitrogen and oxygen atoms in total. The first kappa shape index (κ1) is 14.1. The lowest BCUT2D eigenvalue weighted by molar-refractivity contribution is -0.121. The number of benzene rings is 1. The van der Waals surface area contributed by atoms with Crippen molar-refractivity contribution in [2.75, 3.05) is 0 Å². The Bertz CT molecular complexity index is 611. The van der Waals surface area contributed by atoms with Gasteiger partial charge in [0.15, 0.2) is 0 Å². The molecule has 0 fully saturated rings. The molecule has 20 heavy (non-hydrogen) atoms. The van der Waals surface area contributed by atoms with Crippen LogP contribution in [0.2, 0.25) is 0 Å².